The number of hydrogen-bond donors (Lipinski definition) is 3. The van der Waals surface area contributed by atoms with Crippen LogP contribution in [0.4, 0.5) is 24.5 Å². The van der Waals surface area contributed by atoms with Gasteiger partial charge in [-0.2, -0.15) is 13.2 Å². The Labute approximate surface area is 217 Å². The number of anilines is 2. The summed E-state index contributed by atoms with van der Waals surface area (Å²) in [6, 6.07) is 14.8. The number of carbonyl (C=O) groups is 2. The molecule has 1 aliphatic rings. The Morgan fingerprint density at radius 1 is 1.03 bits per heavy atom. The SMILES string of the molecule is O=C(CCC[C@@]1(C(=O)NCc2ccc(Nc3ccccc3C(F)(F)F)cc2)CCOC1)c1ccc(=O)[nH]c1. The highest BCUT2D eigenvalue weighted by Gasteiger charge is 2.41. The molecule has 1 saturated heterocycles. The highest BCUT2D eigenvalue weighted by atomic mass is 19.4. The molecule has 0 aliphatic carbocycles. The number of aromatic nitrogens is 1. The number of Topliss-reactive ketones (excluding diaryl/α,β-unsaturated/α-hetero) is 1. The van der Waals surface area contributed by atoms with Crippen LogP contribution in [0.15, 0.2) is 71.7 Å². The molecule has 2 aromatic carbocycles. The van der Waals surface area contributed by atoms with Crippen LogP contribution in [-0.2, 0) is 22.3 Å². The number of rotatable bonds is 10. The number of aromatic amines is 1. The lowest BCUT2D eigenvalue weighted by atomic mass is 9.80. The van der Waals surface area contributed by atoms with E-state index in [1.165, 1.54) is 36.5 Å². The maximum Gasteiger partial charge on any atom is 0.418 e. The van der Waals surface area contributed by atoms with Crippen molar-refractivity contribution in [3.8, 4) is 0 Å². The van der Waals surface area contributed by atoms with Gasteiger partial charge in [0.25, 0.3) is 0 Å². The van der Waals surface area contributed by atoms with Gasteiger partial charge >= 0.3 is 6.18 Å². The average Bonchev–Trinajstić information content (AvgIpc) is 3.38. The van der Waals surface area contributed by atoms with E-state index in [1.54, 1.807) is 24.3 Å². The lowest BCUT2D eigenvalue weighted by Gasteiger charge is -2.26. The zero-order valence-corrected chi connectivity index (χ0v) is 20.6. The third-order valence-corrected chi connectivity index (χ3v) is 6.67. The number of alkyl halides is 3. The number of halogens is 3. The van der Waals surface area contributed by atoms with Crippen molar-refractivity contribution < 1.29 is 27.5 Å². The molecule has 0 bridgehead atoms. The van der Waals surface area contributed by atoms with Gasteiger partial charge in [-0.15, -0.1) is 0 Å². The minimum atomic E-state index is -4.47. The second kappa shape index (κ2) is 11.6. The summed E-state index contributed by atoms with van der Waals surface area (Å²) in [5.74, 6) is -0.268. The average molecular weight is 528 g/mol. The van der Waals surface area contributed by atoms with Gasteiger partial charge in [-0.05, 0) is 55.2 Å². The molecule has 200 valence electrons. The van der Waals surface area contributed by atoms with Crippen LogP contribution in [0.2, 0.25) is 0 Å². The summed E-state index contributed by atoms with van der Waals surface area (Å²) in [6.45, 7) is 0.977. The van der Waals surface area contributed by atoms with E-state index < -0.39 is 17.2 Å². The smallest absolute Gasteiger partial charge is 0.380 e. The van der Waals surface area contributed by atoms with Crippen LogP contribution in [0.25, 0.3) is 0 Å². The van der Waals surface area contributed by atoms with Crippen molar-refractivity contribution in [2.75, 3.05) is 18.5 Å². The number of ether oxygens (including phenoxy) is 1. The monoisotopic (exact) mass is 527 g/mol. The van der Waals surface area contributed by atoms with Gasteiger partial charge in [0.15, 0.2) is 5.78 Å². The molecule has 7 nitrogen and oxygen atoms in total. The maximum atomic E-state index is 13.2. The number of pyridine rings is 1. The number of benzene rings is 2. The van der Waals surface area contributed by atoms with Crippen LogP contribution in [0, 0.1) is 5.41 Å². The molecule has 1 atom stereocenters. The zero-order valence-electron chi connectivity index (χ0n) is 20.6. The molecule has 2 heterocycles. The Bertz CT molecular complexity index is 1310. The first kappa shape index (κ1) is 27.1. The zero-order chi connectivity index (χ0) is 27.2. The Morgan fingerprint density at radius 2 is 1.79 bits per heavy atom. The molecule has 1 amide bonds. The predicted molar refractivity (Wildman–Crippen MR) is 136 cm³/mol. The first-order valence-corrected chi connectivity index (χ1v) is 12.3. The van der Waals surface area contributed by atoms with Crippen molar-refractivity contribution in [2.24, 2.45) is 5.41 Å². The van der Waals surface area contributed by atoms with Crippen molar-refractivity contribution >= 4 is 23.1 Å². The van der Waals surface area contributed by atoms with E-state index in [-0.39, 0.29) is 42.5 Å². The molecule has 0 saturated carbocycles. The van der Waals surface area contributed by atoms with E-state index in [4.69, 9.17) is 4.74 Å². The maximum absolute atomic E-state index is 13.2. The molecule has 10 heteroatoms. The Balaban J connectivity index is 1.31. The minimum Gasteiger partial charge on any atom is -0.380 e. The first-order valence-electron chi connectivity index (χ1n) is 12.3. The van der Waals surface area contributed by atoms with Gasteiger partial charge in [-0.3, -0.25) is 14.4 Å². The third kappa shape index (κ3) is 6.69. The number of ketones is 1. The van der Waals surface area contributed by atoms with Crippen LogP contribution in [-0.4, -0.2) is 29.9 Å². The third-order valence-electron chi connectivity index (χ3n) is 6.67. The summed E-state index contributed by atoms with van der Waals surface area (Å²) >= 11 is 0. The van der Waals surface area contributed by atoms with Crippen LogP contribution >= 0.6 is 0 Å². The van der Waals surface area contributed by atoms with E-state index in [2.05, 4.69) is 15.6 Å². The van der Waals surface area contributed by atoms with Gasteiger partial charge in [0.2, 0.25) is 11.5 Å². The summed E-state index contributed by atoms with van der Waals surface area (Å²) in [5.41, 5.74) is -0.0961. The molecule has 1 aromatic heterocycles. The number of amides is 1. The molecule has 1 aliphatic heterocycles. The lowest BCUT2D eigenvalue weighted by Crippen LogP contribution is -2.41. The van der Waals surface area contributed by atoms with Gasteiger partial charge in [0.1, 0.15) is 0 Å². The number of carbonyl (C=O) groups excluding carboxylic acids is 2. The van der Waals surface area contributed by atoms with Gasteiger partial charge in [-0.25, -0.2) is 0 Å². The molecule has 38 heavy (non-hydrogen) atoms. The number of hydrogen-bond acceptors (Lipinski definition) is 5. The van der Waals surface area contributed by atoms with Gasteiger partial charge in [0, 0.05) is 43.1 Å². The van der Waals surface area contributed by atoms with E-state index in [1.807, 2.05) is 0 Å². The second-order valence-electron chi connectivity index (χ2n) is 9.35. The Hall–Kier alpha value is -3.92. The molecule has 0 spiro atoms. The topological polar surface area (TPSA) is 100 Å². The molecule has 4 rings (SSSR count). The standard InChI is InChI=1S/C28H28F3N3O4/c29-28(30,31)22-4-1-2-5-23(22)34-21-10-7-19(8-11-21)16-33-26(37)27(14-15-38-18-27)13-3-6-24(35)20-9-12-25(36)32-17-20/h1-2,4-5,7-12,17,34H,3,6,13-16,18H2,(H,32,36)(H,33,37)/t27-/m1/s1. The summed E-state index contributed by atoms with van der Waals surface area (Å²) in [5, 5.41) is 5.74. The second-order valence-corrected chi connectivity index (χ2v) is 9.35. The van der Waals surface area contributed by atoms with Crippen molar-refractivity contribution in [3.63, 3.8) is 0 Å². The van der Waals surface area contributed by atoms with E-state index in [0.717, 1.165) is 11.6 Å². The normalized spacial score (nSPS) is 17.2. The van der Waals surface area contributed by atoms with Crippen molar-refractivity contribution in [2.45, 2.75) is 38.4 Å². The molecular weight excluding hydrogens is 499 g/mol. The number of para-hydroxylation sites is 1. The molecular formula is C28H28F3N3O4. The number of H-pyrrole nitrogens is 1. The fourth-order valence-electron chi connectivity index (χ4n) is 4.48. The van der Waals surface area contributed by atoms with Gasteiger partial charge in [-0.1, -0.05) is 24.3 Å². The van der Waals surface area contributed by atoms with Crippen LogP contribution in [0.1, 0.15) is 47.2 Å². The summed E-state index contributed by atoms with van der Waals surface area (Å²) in [6.07, 6.45) is -1.31. The van der Waals surface area contributed by atoms with Gasteiger partial charge in [0.05, 0.1) is 23.3 Å². The van der Waals surface area contributed by atoms with Crippen LogP contribution in [0.3, 0.4) is 0 Å². The predicted octanol–water partition coefficient (Wildman–Crippen LogP) is 5.21. The highest BCUT2D eigenvalue weighted by molar-refractivity contribution is 5.95. The first-order chi connectivity index (χ1) is 18.2. The van der Waals surface area contributed by atoms with Gasteiger partial charge < -0.3 is 20.4 Å². The fraction of sp³-hybridized carbons (Fsp3) is 0.321. The van der Waals surface area contributed by atoms with Crippen LogP contribution < -0.4 is 16.2 Å². The van der Waals surface area contributed by atoms with Crippen molar-refractivity contribution in [1.82, 2.24) is 10.3 Å². The molecule has 3 N–H and O–H groups in total. The Kier molecular flexibility index (Phi) is 8.31. The van der Waals surface area contributed by atoms with E-state index >= 15 is 0 Å². The van der Waals surface area contributed by atoms with E-state index in [0.29, 0.717) is 37.1 Å². The molecule has 1 fully saturated rings. The summed E-state index contributed by atoms with van der Waals surface area (Å²) in [4.78, 5) is 39.2. The number of nitrogens with one attached hydrogen (secondary N) is 3. The minimum absolute atomic E-state index is 0.0386. The van der Waals surface area contributed by atoms with Crippen molar-refractivity contribution in [3.05, 3.63) is 93.9 Å². The molecule has 3 aromatic rings. The Morgan fingerprint density at radius 3 is 2.45 bits per heavy atom. The largest absolute Gasteiger partial charge is 0.418 e. The quantitative estimate of drug-likeness (QED) is 0.314. The molecule has 0 radical (unpaired) electrons. The fourth-order valence-corrected chi connectivity index (χ4v) is 4.48. The van der Waals surface area contributed by atoms with Crippen LogP contribution in [0.5, 0.6) is 0 Å². The lowest BCUT2D eigenvalue weighted by molar-refractivity contribution is -0.137. The summed E-state index contributed by atoms with van der Waals surface area (Å²) < 4.78 is 45.2. The van der Waals surface area contributed by atoms with Crippen molar-refractivity contribution in [1.29, 1.82) is 0 Å². The summed E-state index contributed by atoms with van der Waals surface area (Å²) in [7, 11) is 0. The highest BCUT2D eigenvalue weighted by Crippen LogP contribution is 2.36. The van der Waals surface area contributed by atoms with E-state index in [9.17, 15) is 27.6 Å². The molecule has 0 unspecified atom stereocenters.